The van der Waals surface area contributed by atoms with E-state index < -0.39 is 0 Å². The Labute approximate surface area is 128 Å². The third-order valence-corrected chi connectivity index (χ3v) is 2.96. The Balaban J connectivity index is 2.14. The van der Waals surface area contributed by atoms with Crippen molar-refractivity contribution in [2.24, 2.45) is 0 Å². The molecule has 0 saturated heterocycles. The summed E-state index contributed by atoms with van der Waals surface area (Å²) in [6, 6.07) is 8.29. The van der Waals surface area contributed by atoms with Crippen LogP contribution in [0.3, 0.4) is 0 Å². The average molecular weight is 301 g/mol. The molecule has 1 aromatic carbocycles. The molecule has 0 bridgehead atoms. The fraction of sp³-hybridized carbons (Fsp3) is 0.312. The molecule has 0 aliphatic heterocycles. The van der Waals surface area contributed by atoms with Crippen LogP contribution in [0.15, 0.2) is 35.1 Å². The van der Waals surface area contributed by atoms with Gasteiger partial charge in [-0.05, 0) is 37.6 Å². The number of aryl methyl sites for hydroxylation is 1. The maximum absolute atomic E-state index is 11.6. The molecule has 0 spiro atoms. The number of nitrogens with zero attached hydrogens (tertiary/aromatic N) is 1. The number of esters is 1. The van der Waals surface area contributed by atoms with Gasteiger partial charge in [0.1, 0.15) is 0 Å². The fourth-order valence-electron chi connectivity index (χ4n) is 1.99. The van der Waals surface area contributed by atoms with Crippen LogP contribution in [-0.2, 0) is 11.2 Å². The first-order valence-corrected chi connectivity index (χ1v) is 7.26. The van der Waals surface area contributed by atoms with Crippen LogP contribution in [-0.4, -0.2) is 22.5 Å². The van der Waals surface area contributed by atoms with Gasteiger partial charge in [0.2, 0.25) is 5.95 Å². The molecule has 0 aliphatic carbocycles. The van der Waals surface area contributed by atoms with E-state index in [9.17, 15) is 9.59 Å². The van der Waals surface area contributed by atoms with E-state index in [0.29, 0.717) is 18.1 Å². The van der Waals surface area contributed by atoms with Crippen LogP contribution in [0.25, 0.3) is 0 Å². The molecule has 0 amide bonds. The number of nitrogens with one attached hydrogen (secondary N) is 2. The molecule has 0 saturated carbocycles. The lowest BCUT2D eigenvalue weighted by Crippen LogP contribution is -2.12. The quantitative estimate of drug-likeness (QED) is 0.801. The van der Waals surface area contributed by atoms with Crippen molar-refractivity contribution in [3.63, 3.8) is 0 Å². The van der Waals surface area contributed by atoms with Gasteiger partial charge in [-0.25, -0.2) is 9.78 Å². The summed E-state index contributed by atoms with van der Waals surface area (Å²) in [5.41, 5.74) is 1.76. The Hall–Kier alpha value is -2.63. The SMILES string of the molecule is CCCc1cc(=O)[nH]c(Nc2ccc(C(=O)OCC)cc2)n1. The number of carbonyl (C=O) groups is 1. The van der Waals surface area contributed by atoms with Gasteiger partial charge < -0.3 is 10.1 Å². The molecule has 0 aliphatic rings. The molecule has 2 aromatic rings. The molecule has 0 fully saturated rings. The summed E-state index contributed by atoms with van der Waals surface area (Å²) in [4.78, 5) is 30.2. The molecule has 1 aromatic heterocycles. The van der Waals surface area contributed by atoms with Gasteiger partial charge in [-0.3, -0.25) is 9.78 Å². The van der Waals surface area contributed by atoms with Crippen molar-refractivity contribution in [2.45, 2.75) is 26.7 Å². The summed E-state index contributed by atoms with van der Waals surface area (Å²) in [6.07, 6.45) is 1.67. The molecule has 2 rings (SSSR count). The number of anilines is 2. The highest BCUT2D eigenvalue weighted by atomic mass is 16.5. The monoisotopic (exact) mass is 301 g/mol. The Kier molecular flexibility index (Phi) is 5.30. The van der Waals surface area contributed by atoms with Crippen LogP contribution in [0.2, 0.25) is 0 Å². The van der Waals surface area contributed by atoms with E-state index in [1.165, 1.54) is 6.07 Å². The summed E-state index contributed by atoms with van der Waals surface area (Å²) < 4.78 is 4.93. The zero-order chi connectivity index (χ0) is 15.9. The largest absolute Gasteiger partial charge is 0.462 e. The zero-order valence-corrected chi connectivity index (χ0v) is 12.7. The van der Waals surface area contributed by atoms with Gasteiger partial charge in [0.05, 0.1) is 12.2 Å². The van der Waals surface area contributed by atoms with Crippen LogP contribution >= 0.6 is 0 Å². The number of benzene rings is 1. The van der Waals surface area contributed by atoms with Crippen LogP contribution in [0, 0.1) is 0 Å². The summed E-state index contributed by atoms with van der Waals surface area (Å²) in [7, 11) is 0. The van der Waals surface area contributed by atoms with E-state index in [1.807, 2.05) is 6.92 Å². The minimum Gasteiger partial charge on any atom is -0.462 e. The molecular weight excluding hydrogens is 282 g/mol. The molecule has 0 radical (unpaired) electrons. The van der Waals surface area contributed by atoms with Gasteiger partial charge >= 0.3 is 5.97 Å². The van der Waals surface area contributed by atoms with Gasteiger partial charge in [-0.1, -0.05) is 13.3 Å². The smallest absolute Gasteiger partial charge is 0.338 e. The van der Waals surface area contributed by atoms with E-state index in [-0.39, 0.29) is 11.5 Å². The molecule has 116 valence electrons. The highest BCUT2D eigenvalue weighted by Gasteiger charge is 2.06. The third-order valence-electron chi connectivity index (χ3n) is 2.96. The summed E-state index contributed by atoms with van der Waals surface area (Å²) in [5, 5.41) is 3.02. The predicted octanol–water partition coefficient (Wildman–Crippen LogP) is 2.64. The molecule has 6 nitrogen and oxygen atoms in total. The molecule has 22 heavy (non-hydrogen) atoms. The number of carbonyl (C=O) groups excluding carboxylic acids is 1. The molecular formula is C16H19N3O3. The van der Waals surface area contributed by atoms with Gasteiger partial charge in [0.15, 0.2) is 0 Å². The van der Waals surface area contributed by atoms with Crippen molar-refractivity contribution >= 4 is 17.6 Å². The summed E-state index contributed by atoms with van der Waals surface area (Å²) in [6.45, 7) is 4.14. The Morgan fingerprint density at radius 3 is 2.64 bits per heavy atom. The van der Waals surface area contributed by atoms with Gasteiger partial charge in [0, 0.05) is 17.4 Å². The van der Waals surface area contributed by atoms with Crippen molar-refractivity contribution in [1.82, 2.24) is 9.97 Å². The summed E-state index contributed by atoms with van der Waals surface area (Å²) in [5.74, 6) is 0.0327. The average Bonchev–Trinajstić information content (AvgIpc) is 2.48. The lowest BCUT2D eigenvalue weighted by molar-refractivity contribution is 0.0526. The zero-order valence-electron chi connectivity index (χ0n) is 12.7. The number of hydrogen-bond donors (Lipinski definition) is 2. The first kappa shape index (κ1) is 15.8. The number of aromatic amines is 1. The maximum atomic E-state index is 11.6. The predicted molar refractivity (Wildman–Crippen MR) is 84.5 cm³/mol. The number of hydrogen-bond acceptors (Lipinski definition) is 5. The van der Waals surface area contributed by atoms with Crippen LogP contribution < -0.4 is 10.9 Å². The Morgan fingerprint density at radius 2 is 2.00 bits per heavy atom. The molecule has 1 heterocycles. The van der Waals surface area contributed by atoms with E-state index >= 15 is 0 Å². The Bertz CT molecular complexity index is 693. The molecule has 0 unspecified atom stereocenters. The second-order valence-electron chi connectivity index (χ2n) is 4.76. The lowest BCUT2D eigenvalue weighted by Gasteiger charge is -2.07. The number of ether oxygens (including phenoxy) is 1. The van der Waals surface area contributed by atoms with E-state index in [4.69, 9.17) is 4.74 Å². The van der Waals surface area contributed by atoms with Crippen molar-refractivity contribution in [3.05, 3.63) is 51.9 Å². The van der Waals surface area contributed by atoms with E-state index in [0.717, 1.165) is 24.2 Å². The standard InChI is InChI=1S/C16H19N3O3/c1-3-5-13-10-14(20)19-16(18-13)17-12-8-6-11(7-9-12)15(21)22-4-2/h6-10H,3-5H2,1-2H3,(H2,17,18,19,20). The van der Waals surface area contributed by atoms with Crippen LogP contribution in [0.4, 0.5) is 11.6 Å². The molecule has 2 N–H and O–H groups in total. The number of aromatic nitrogens is 2. The van der Waals surface area contributed by atoms with E-state index in [1.54, 1.807) is 31.2 Å². The lowest BCUT2D eigenvalue weighted by atomic mass is 10.2. The summed E-state index contributed by atoms with van der Waals surface area (Å²) >= 11 is 0. The van der Waals surface area contributed by atoms with Crippen molar-refractivity contribution in [2.75, 3.05) is 11.9 Å². The molecule has 6 heteroatoms. The van der Waals surface area contributed by atoms with E-state index in [2.05, 4.69) is 15.3 Å². The maximum Gasteiger partial charge on any atom is 0.338 e. The van der Waals surface area contributed by atoms with Crippen LogP contribution in [0.1, 0.15) is 36.3 Å². The van der Waals surface area contributed by atoms with Gasteiger partial charge in [-0.15, -0.1) is 0 Å². The normalized spacial score (nSPS) is 10.3. The number of H-pyrrole nitrogens is 1. The minimum absolute atomic E-state index is 0.191. The van der Waals surface area contributed by atoms with Gasteiger partial charge in [-0.2, -0.15) is 0 Å². The second kappa shape index (κ2) is 7.40. The number of rotatable bonds is 6. The Morgan fingerprint density at radius 1 is 1.27 bits per heavy atom. The van der Waals surface area contributed by atoms with Crippen molar-refractivity contribution < 1.29 is 9.53 Å². The third kappa shape index (κ3) is 4.18. The van der Waals surface area contributed by atoms with Crippen molar-refractivity contribution in [1.29, 1.82) is 0 Å². The topological polar surface area (TPSA) is 84.1 Å². The first-order chi connectivity index (χ1) is 10.6. The highest BCUT2D eigenvalue weighted by Crippen LogP contribution is 2.14. The highest BCUT2D eigenvalue weighted by molar-refractivity contribution is 5.89. The second-order valence-corrected chi connectivity index (χ2v) is 4.76. The fourth-order valence-corrected chi connectivity index (χ4v) is 1.99. The van der Waals surface area contributed by atoms with Crippen LogP contribution in [0.5, 0.6) is 0 Å². The molecule has 0 atom stereocenters. The van der Waals surface area contributed by atoms with Gasteiger partial charge in [0.25, 0.3) is 5.56 Å². The first-order valence-electron chi connectivity index (χ1n) is 7.26. The minimum atomic E-state index is -0.356. The van der Waals surface area contributed by atoms with Crippen molar-refractivity contribution in [3.8, 4) is 0 Å².